The van der Waals surface area contributed by atoms with Crippen LogP contribution in [0.25, 0.3) is 0 Å². The van der Waals surface area contributed by atoms with Crippen molar-refractivity contribution in [3.05, 3.63) is 18.0 Å². The highest BCUT2D eigenvalue weighted by Crippen LogP contribution is 2.28. The van der Waals surface area contributed by atoms with E-state index >= 15 is 0 Å². The average molecular weight is 280 g/mol. The molecule has 6 heteroatoms. The van der Waals surface area contributed by atoms with Crippen LogP contribution in [0.15, 0.2) is 12.4 Å². The molecule has 2 atom stereocenters. The first-order chi connectivity index (χ1) is 9.74. The van der Waals surface area contributed by atoms with Gasteiger partial charge in [0.15, 0.2) is 0 Å². The normalized spacial score (nSPS) is 22.7. The maximum Gasteiger partial charge on any atom is 0.220 e. The summed E-state index contributed by atoms with van der Waals surface area (Å²) in [5.74, 6) is 0.0545. The molecule has 0 aliphatic carbocycles. The predicted octanol–water partition coefficient (Wildman–Crippen LogP) is 0.978. The summed E-state index contributed by atoms with van der Waals surface area (Å²) in [6.07, 6.45) is 6.85. The van der Waals surface area contributed by atoms with Gasteiger partial charge < -0.3 is 15.8 Å². The Kier molecular flexibility index (Phi) is 5.55. The largest absolute Gasteiger partial charge is 0.371 e. The summed E-state index contributed by atoms with van der Waals surface area (Å²) in [6.45, 7) is 4.16. The first-order valence-electron chi connectivity index (χ1n) is 7.38. The summed E-state index contributed by atoms with van der Waals surface area (Å²) in [5, 5.41) is 7.35. The lowest BCUT2D eigenvalue weighted by Gasteiger charge is -2.31. The van der Waals surface area contributed by atoms with Gasteiger partial charge in [0.05, 0.1) is 12.2 Å². The zero-order valence-electron chi connectivity index (χ0n) is 12.0. The van der Waals surface area contributed by atoms with Crippen LogP contribution in [0.5, 0.6) is 0 Å². The van der Waals surface area contributed by atoms with Crippen molar-refractivity contribution in [3.8, 4) is 0 Å². The van der Waals surface area contributed by atoms with Crippen LogP contribution < -0.4 is 11.1 Å². The second-order valence-corrected chi connectivity index (χ2v) is 5.13. The Labute approximate surface area is 119 Å². The molecule has 0 bridgehead atoms. The Hall–Kier alpha value is -1.40. The topological polar surface area (TPSA) is 82.2 Å². The van der Waals surface area contributed by atoms with Crippen LogP contribution in [0.2, 0.25) is 0 Å². The second-order valence-electron chi connectivity index (χ2n) is 5.13. The monoisotopic (exact) mass is 280 g/mol. The highest BCUT2D eigenvalue weighted by Gasteiger charge is 2.29. The van der Waals surface area contributed by atoms with Crippen molar-refractivity contribution in [2.75, 3.05) is 13.2 Å². The minimum absolute atomic E-state index is 0.0310. The first-order valence-corrected chi connectivity index (χ1v) is 7.38. The third-order valence-electron chi connectivity index (χ3n) is 3.58. The van der Waals surface area contributed by atoms with Crippen molar-refractivity contribution in [1.29, 1.82) is 0 Å². The van der Waals surface area contributed by atoms with E-state index in [1.54, 1.807) is 0 Å². The number of rotatable bonds is 6. The summed E-state index contributed by atoms with van der Waals surface area (Å²) in [5.41, 5.74) is 6.47. The molecule has 1 amide bonds. The standard InChI is InChI=1S/C14H24N4O2/c1-2-18-10-11(9-16-18)14-12(5-4-8-20-14)17-13(19)6-3-7-15/h9-10,12,14H,2-8,15H2,1H3,(H,17,19)/t12-,14+/m0/s1. The maximum atomic E-state index is 11.9. The molecule has 1 aromatic rings. The molecule has 3 N–H and O–H groups in total. The van der Waals surface area contributed by atoms with Gasteiger partial charge in [-0.05, 0) is 32.7 Å². The molecule has 0 radical (unpaired) electrons. The maximum absolute atomic E-state index is 11.9. The third-order valence-corrected chi connectivity index (χ3v) is 3.58. The number of hydrogen-bond acceptors (Lipinski definition) is 4. The molecular weight excluding hydrogens is 256 g/mol. The molecule has 2 rings (SSSR count). The molecule has 112 valence electrons. The number of aryl methyl sites for hydroxylation is 1. The Bertz CT molecular complexity index is 433. The lowest BCUT2D eigenvalue weighted by Crippen LogP contribution is -2.42. The van der Waals surface area contributed by atoms with E-state index in [0.29, 0.717) is 13.0 Å². The van der Waals surface area contributed by atoms with Gasteiger partial charge in [0.25, 0.3) is 0 Å². The summed E-state index contributed by atoms with van der Waals surface area (Å²) in [7, 11) is 0. The molecule has 1 aliphatic rings. The molecule has 1 aliphatic heterocycles. The number of hydrogen-bond donors (Lipinski definition) is 2. The highest BCUT2D eigenvalue weighted by molar-refractivity contribution is 5.76. The van der Waals surface area contributed by atoms with Crippen LogP contribution in [0, 0.1) is 0 Å². The van der Waals surface area contributed by atoms with Crippen LogP contribution >= 0.6 is 0 Å². The van der Waals surface area contributed by atoms with Crippen molar-refractivity contribution in [2.24, 2.45) is 5.73 Å². The number of aromatic nitrogens is 2. The van der Waals surface area contributed by atoms with E-state index < -0.39 is 0 Å². The van der Waals surface area contributed by atoms with Crippen LogP contribution in [-0.2, 0) is 16.1 Å². The molecule has 20 heavy (non-hydrogen) atoms. The lowest BCUT2D eigenvalue weighted by molar-refractivity contribution is -0.124. The van der Waals surface area contributed by atoms with E-state index in [0.717, 1.165) is 38.0 Å². The van der Waals surface area contributed by atoms with Gasteiger partial charge in [-0.2, -0.15) is 5.10 Å². The second kappa shape index (κ2) is 7.40. The van der Waals surface area contributed by atoms with Gasteiger partial charge in [0.1, 0.15) is 6.10 Å². The fraction of sp³-hybridized carbons (Fsp3) is 0.714. The van der Waals surface area contributed by atoms with E-state index in [1.165, 1.54) is 0 Å². The van der Waals surface area contributed by atoms with E-state index in [9.17, 15) is 4.79 Å². The zero-order chi connectivity index (χ0) is 14.4. The molecule has 6 nitrogen and oxygen atoms in total. The smallest absolute Gasteiger partial charge is 0.220 e. The lowest BCUT2D eigenvalue weighted by atomic mass is 9.98. The Morgan fingerprint density at radius 2 is 2.50 bits per heavy atom. The molecule has 0 spiro atoms. The number of nitrogens with zero attached hydrogens (tertiary/aromatic N) is 2. The number of ether oxygens (including phenoxy) is 1. The van der Waals surface area contributed by atoms with Crippen LogP contribution in [0.3, 0.4) is 0 Å². The van der Waals surface area contributed by atoms with Crippen molar-refractivity contribution in [1.82, 2.24) is 15.1 Å². The van der Waals surface area contributed by atoms with E-state index in [-0.39, 0.29) is 18.1 Å². The summed E-state index contributed by atoms with van der Waals surface area (Å²) in [4.78, 5) is 11.9. The fourth-order valence-electron chi connectivity index (χ4n) is 2.50. The molecule has 1 aromatic heterocycles. The van der Waals surface area contributed by atoms with Crippen molar-refractivity contribution < 1.29 is 9.53 Å². The van der Waals surface area contributed by atoms with Crippen LogP contribution in [0.4, 0.5) is 0 Å². The van der Waals surface area contributed by atoms with Gasteiger partial charge in [0.2, 0.25) is 5.91 Å². The number of carbonyl (C=O) groups excluding carboxylic acids is 1. The van der Waals surface area contributed by atoms with Crippen LogP contribution in [-0.4, -0.2) is 34.9 Å². The predicted molar refractivity (Wildman–Crippen MR) is 76.0 cm³/mol. The van der Waals surface area contributed by atoms with E-state index in [4.69, 9.17) is 10.5 Å². The summed E-state index contributed by atoms with van der Waals surface area (Å²) in [6, 6.07) is 0.0310. The van der Waals surface area contributed by atoms with Gasteiger partial charge >= 0.3 is 0 Å². The zero-order valence-corrected chi connectivity index (χ0v) is 12.0. The fourth-order valence-corrected chi connectivity index (χ4v) is 2.50. The summed E-state index contributed by atoms with van der Waals surface area (Å²) < 4.78 is 7.72. The van der Waals surface area contributed by atoms with Gasteiger partial charge in [-0.15, -0.1) is 0 Å². The van der Waals surface area contributed by atoms with Gasteiger partial charge in [-0.25, -0.2) is 0 Å². The molecule has 1 saturated heterocycles. The highest BCUT2D eigenvalue weighted by atomic mass is 16.5. The molecule has 0 unspecified atom stereocenters. The molecule has 0 saturated carbocycles. The van der Waals surface area contributed by atoms with Crippen molar-refractivity contribution in [2.45, 2.75) is 51.3 Å². The molecular formula is C14H24N4O2. The number of nitrogens with one attached hydrogen (secondary N) is 1. The quantitative estimate of drug-likeness (QED) is 0.813. The molecule has 1 fully saturated rings. The minimum atomic E-state index is -0.0918. The van der Waals surface area contributed by atoms with E-state index in [1.807, 2.05) is 24.0 Å². The van der Waals surface area contributed by atoms with Crippen LogP contribution in [0.1, 0.15) is 44.3 Å². The Morgan fingerprint density at radius 3 is 3.20 bits per heavy atom. The number of nitrogens with two attached hydrogens (primary N) is 1. The Morgan fingerprint density at radius 1 is 1.65 bits per heavy atom. The number of amides is 1. The van der Waals surface area contributed by atoms with Gasteiger partial charge in [0, 0.05) is 31.3 Å². The minimum Gasteiger partial charge on any atom is -0.371 e. The van der Waals surface area contributed by atoms with E-state index in [2.05, 4.69) is 10.4 Å². The van der Waals surface area contributed by atoms with Gasteiger partial charge in [-0.1, -0.05) is 0 Å². The van der Waals surface area contributed by atoms with Gasteiger partial charge in [-0.3, -0.25) is 9.48 Å². The number of carbonyl (C=O) groups is 1. The SMILES string of the molecule is CCn1cc([C@H]2OCCC[C@@H]2NC(=O)CCCN)cn1. The molecule has 0 aromatic carbocycles. The average Bonchev–Trinajstić information content (AvgIpc) is 2.94. The third kappa shape index (κ3) is 3.80. The van der Waals surface area contributed by atoms with Crippen molar-refractivity contribution in [3.63, 3.8) is 0 Å². The molecule has 2 heterocycles. The Balaban J connectivity index is 1.99. The van der Waals surface area contributed by atoms with Crippen molar-refractivity contribution >= 4 is 5.91 Å². The summed E-state index contributed by atoms with van der Waals surface area (Å²) >= 11 is 0. The first kappa shape index (κ1) is 15.0.